The molecule has 0 N–H and O–H groups in total. The molecule has 0 spiro atoms. The number of benzene rings is 1. The zero-order chi connectivity index (χ0) is 21.4. The Balaban J connectivity index is 0.000000243. The van der Waals surface area contributed by atoms with Gasteiger partial charge in [-0.15, -0.1) is 12.1 Å². The Bertz CT molecular complexity index is 492. The first-order valence-electron chi connectivity index (χ1n) is 12.0. The zero-order valence-corrected chi connectivity index (χ0v) is 22.6. The van der Waals surface area contributed by atoms with Crippen molar-refractivity contribution in [1.29, 1.82) is 0 Å². The molecule has 3 aliphatic rings. The number of hydrogen-bond donors (Lipinski definition) is 0. The van der Waals surface area contributed by atoms with Crippen molar-refractivity contribution < 1.29 is 15.1 Å². The molecule has 0 radical (unpaired) electrons. The molecule has 1 aromatic rings. The Morgan fingerprint density at radius 3 is 1.27 bits per heavy atom. The van der Waals surface area contributed by atoms with E-state index in [1.54, 1.807) is 83.1 Å². The molecule has 4 rings (SSSR count). The first kappa shape index (κ1) is 26.8. The number of hydrogen-bond acceptors (Lipinski definition) is 0. The van der Waals surface area contributed by atoms with Crippen molar-refractivity contribution in [2.45, 2.75) is 113 Å². The normalized spacial score (nSPS) is 21.3. The topological polar surface area (TPSA) is 0 Å². The first-order valence-corrected chi connectivity index (χ1v) is 18.0. The maximum absolute atomic E-state index is 5.22. The van der Waals surface area contributed by atoms with Crippen molar-refractivity contribution in [3.8, 4) is 0 Å². The summed E-state index contributed by atoms with van der Waals surface area (Å²) < 4.78 is 0. The molecule has 0 unspecified atom stereocenters. The molecular weight excluding hydrogens is 515 g/mol. The van der Waals surface area contributed by atoms with Crippen LogP contribution in [-0.2, 0) is 15.1 Å². The Labute approximate surface area is 203 Å². The van der Waals surface area contributed by atoms with E-state index in [4.69, 9.17) is 26.0 Å². The Hall–Kier alpha value is 0.593. The molecule has 0 amide bonds. The van der Waals surface area contributed by atoms with E-state index in [1.807, 2.05) is 30.3 Å². The first-order chi connectivity index (χ1) is 14.8. The fourth-order valence-electron chi connectivity index (χ4n) is 5.60. The molecule has 0 bridgehead atoms. The summed E-state index contributed by atoms with van der Waals surface area (Å²) in [5.74, 6) is 0. The van der Waals surface area contributed by atoms with Crippen molar-refractivity contribution in [1.82, 2.24) is 0 Å². The molecule has 0 heterocycles. The number of rotatable bonds is 4. The van der Waals surface area contributed by atoms with Crippen LogP contribution in [0.1, 0.15) is 102 Å². The van der Waals surface area contributed by atoms with Crippen LogP contribution in [0.3, 0.4) is 0 Å². The third-order valence-electron chi connectivity index (χ3n) is 6.98. The third-order valence-corrected chi connectivity index (χ3v) is 11.1. The summed E-state index contributed by atoms with van der Waals surface area (Å²) in [6.07, 6.45) is 25.2. The second-order valence-corrected chi connectivity index (χ2v) is 14.7. The molecule has 0 nitrogen and oxygen atoms in total. The van der Waals surface area contributed by atoms with Gasteiger partial charge in [-0.3, -0.25) is 6.58 Å². The molecule has 3 aliphatic carbocycles. The van der Waals surface area contributed by atoms with E-state index in [1.165, 1.54) is 36.2 Å². The summed E-state index contributed by atoms with van der Waals surface area (Å²) in [4.78, 5) is 0. The van der Waals surface area contributed by atoms with Crippen LogP contribution in [0.15, 0.2) is 30.3 Å². The minimum atomic E-state index is -0.346. The zero-order valence-electron chi connectivity index (χ0n) is 18.4. The van der Waals surface area contributed by atoms with Crippen molar-refractivity contribution in [2.75, 3.05) is 0 Å². The molecule has 172 valence electrons. The van der Waals surface area contributed by atoms with Crippen LogP contribution in [0.25, 0.3) is 6.08 Å². The summed E-state index contributed by atoms with van der Waals surface area (Å²) in [5, 5.41) is 0. The predicted octanol–water partition coefficient (Wildman–Crippen LogP) is 9.98. The van der Waals surface area contributed by atoms with Gasteiger partial charge in [0.05, 0.1) is 0 Å². The van der Waals surface area contributed by atoms with Crippen molar-refractivity contribution >= 4 is 33.4 Å². The summed E-state index contributed by atoms with van der Waals surface area (Å²) in [7, 11) is 10.1. The summed E-state index contributed by atoms with van der Waals surface area (Å²) >= 11 is -0.346. The van der Waals surface area contributed by atoms with Crippen LogP contribution >= 0.6 is 27.3 Å². The van der Waals surface area contributed by atoms with Gasteiger partial charge in [0.1, 0.15) is 0 Å². The van der Waals surface area contributed by atoms with Crippen LogP contribution in [0.2, 0.25) is 0 Å². The minimum absolute atomic E-state index is 0.346. The van der Waals surface area contributed by atoms with Gasteiger partial charge in [0.15, 0.2) is 0 Å². The van der Waals surface area contributed by atoms with E-state index < -0.39 is 0 Å². The van der Waals surface area contributed by atoms with E-state index in [9.17, 15) is 0 Å². The van der Waals surface area contributed by atoms with E-state index >= 15 is 0 Å². The number of halogens is 2. The second kappa shape index (κ2) is 17.1. The van der Waals surface area contributed by atoms with Gasteiger partial charge in [-0.2, -0.15) is 5.56 Å². The molecule has 30 heavy (non-hydrogen) atoms. The monoisotopic (exact) mass is 555 g/mol. The second-order valence-electron chi connectivity index (χ2n) is 8.95. The van der Waals surface area contributed by atoms with E-state index in [0.717, 1.165) is 5.56 Å². The standard InChI is InChI=1S/C18H33P.C8H7.2ClH.Ru/c1-4-10-16(11-5-1)19(17-12-6-2-7-13-17)18-14-8-3-9-15-18;1-2-8-6-4-3-5-7-8;;;/h16-18H,1-15H2;1-7H;2*1H;/q;-1;;;+2/p-2. The molecule has 4 heteroatoms. The van der Waals surface area contributed by atoms with Gasteiger partial charge in [0.25, 0.3) is 0 Å². The van der Waals surface area contributed by atoms with Crippen LogP contribution in [-0.4, -0.2) is 17.0 Å². The van der Waals surface area contributed by atoms with Gasteiger partial charge in [0, 0.05) is 0 Å². The third kappa shape index (κ3) is 10.0. The van der Waals surface area contributed by atoms with Crippen LogP contribution in [0.4, 0.5) is 0 Å². The molecule has 3 saturated carbocycles. The molecular formula is C26H40Cl2PRu-. The summed E-state index contributed by atoms with van der Waals surface area (Å²) in [5.41, 5.74) is 4.63. The SMILES string of the molecule is C1CCC(P(C2CCCCC2)C2CCCCC2)CC1.[CH-]=Cc1ccccc1.[Cl][Ru][Cl]. The predicted molar refractivity (Wildman–Crippen MR) is 134 cm³/mol. The van der Waals surface area contributed by atoms with Gasteiger partial charge in [0.2, 0.25) is 0 Å². The Morgan fingerprint density at radius 1 is 0.667 bits per heavy atom. The van der Waals surface area contributed by atoms with Gasteiger partial charge >= 0.3 is 34.5 Å². The Morgan fingerprint density at radius 2 is 1.00 bits per heavy atom. The molecule has 0 atom stereocenters. The van der Waals surface area contributed by atoms with Crippen molar-refractivity contribution in [3.63, 3.8) is 0 Å². The van der Waals surface area contributed by atoms with Gasteiger partial charge in [-0.25, -0.2) is 6.08 Å². The van der Waals surface area contributed by atoms with Crippen LogP contribution < -0.4 is 0 Å². The van der Waals surface area contributed by atoms with Crippen molar-refractivity contribution in [2.24, 2.45) is 0 Å². The van der Waals surface area contributed by atoms with Crippen molar-refractivity contribution in [3.05, 3.63) is 42.5 Å². The van der Waals surface area contributed by atoms with E-state index in [-0.39, 0.29) is 15.1 Å². The average Bonchev–Trinajstić information content (AvgIpc) is 2.83. The molecule has 3 fully saturated rings. The molecule has 0 saturated heterocycles. The van der Waals surface area contributed by atoms with Gasteiger partial charge in [-0.1, -0.05) is 83.9 Å². The summed E-state index contributed by atoms with van der Waals surface area (Å²) in [6, 6.07) is 9.80. The molecule has 0 aliphatic heterocycles. The van der Waals surface area contributed by atoms with E-state index in [2.05, 4.69) is 0 Å². The van der Waals surface area contributed by atoms with Crippen LogP contribution in [0.5, 0.6) is 0 Å². The quantitative estimate of drug-likeness (QED) is 0.197. The van der Waals surface area contributed by atoms with Gasteiger partial charge < -0.3 is 0 Å². The molecule has 0 aromatic heterocycles. The summed E-state index contributed by atoms with van der Waals surface area (Å²) in [6.45, 7) is 5.22. The fourth-order valence-corrected chi connectivity index (χ4v) is 10.3. The average molecular weight is 556 g/mol. The maximum atomic E-state index is 5.22. The Kier molecular flexibility index (Phi) is 15.3. The van der Waals surface area contributed by atoms with E-state index in [0.29, 0.717) is 7.92 Å². The molecule has 1 aromatic carbocycles. The van der Waals surface area contributed by atoms with Gasteiger partial charge in [-0.05, 0) is 55.5 Å². The van der Waals surface area contributed by atoms with Crippen LogP contribution in [0, 0.1) is 6.58 Å². The fraction of sp³-hybridized carbons (Fsp3) is 0.692.